The van der Waals surface area contributed by atoms with E-state index in [0.29, 0.717) is 11.5 Å². The normalized spacial score (nSPS) is 20.3. The molecule has 1 aliphatic rings. The van der Waals surface area contributed by atoms with Gasteiger partial charge in [-0.15, -0.1) is 0 Å². The fourth-order valence-corrected chi connectivity index (χ4v) is 2.03. The SMILES string of the molecule is CC1CNC[C@@H]1c1ccc(F)cc1F.COC(C)(C)C.N.O.[HH].[HH]. The molecule has 2 atom stereocenters. The van der Waals surface area contributed by atoms with Crippen LogP contribution in [-0.4, -0.2) is 31.3 Å². The summed E-state index contributed by atoms with van der Waals surface area (Å²) < 4.78 is 31.0. The summed E-state index contributed by atoms with van der Waals surface area (Å²) in [5.74, 6) is -0.346. The number of nitrogens with one attached hydrogen (secondary N) is 1. The zero-order valence-corrected chi connectivity index (χ0v) is 14.2. The van der Waals surface area contributed by atoms with Crippen molar-refractivity contribution >= 4 is 0 Å². The molecule has 1 unspecified atom stereocenters. The highest BCUT2D eigenvalue weighted by molar-refractivity contribution is 5.24. The molecular formula is C16H34F2N2O2. The minimum atomic E-state index is -0.509. The Morgan fingerprint density at radius 2 is 1.77 bits per heavy atom. The fraction of sp³-hybridized carbons (Fsp3) is 0.625. The Balaban J connectivity index is -0.000000178. The van der Waals surface area contributed by atoms with E-state index in [0.717, 1.165) is 19.2 Å². The monoisotopic (exact) mass is 324 g/mol. The lowest BCUT2D eigenvalue weighted by atomic mass is 9.90. The van der Waals surface area contributed by atoms with E-state index in [-0.39, 0.29) is 26.0 Å². The Morgan fingerprint density at radius 1 is 1.23 bits per heavy atom. The second-order valence-electron chi connectivity index (χ2n) is 6.22. The number of methoxy groups -OCH3 is 1. The molecule has 0 aromatic heterocycles. The molecule has 0 aliphatic carbocycles. The fourth-order valence-electron chi connectivity index (χ4n) is 2.03. The highest BCUT2D eigenvalue weighted by atomic mass is 19.1. The van der Waals surface area contributed by atoms with Crippen molar-refractivity contribution in [3.63, 3.8) is 0 Å². The largest absolute Gasteiger partial charge is 0.412 e. The molecule has 2 rings (SSSR count). The summed E-state index contributed by atoms with van der Waals surface area (Å²) in [6, 6.07) is 3.84. The van der Waals surface area contributed by atoms with E-state index in [1.807, 2.05) is 20.8 Å². The molecule has 1 aromatic carbocycles. The summed E-state index contributed by atoms with van der Waals surface area (Å²) in [6.07, 6.45) is 0. The minimum Gasteiger partial charge on any atom is -0.412 e. The third kappa shape index (κ3) is 7.26. The molecule has 0 radical (unpaired) electrons. The molecule has 0 amide bonds. The van der Waals surface area contributed by atoms with Gasteiger partial charge in [0, 0.05) is 28.5 Å². The van der Waals surface area contributed by atoms with Crippen LogP contribution in [0.2, 0.25) is 0 Å². The average molecular weight is 324 g/mol. The average Bonchev–Trinajstić information content (AvgIpc) is 2.75. The molecule has 1 saturated heterocycles. The van der Waals surface area contributed by atoms with Gasteiger partial charge < -0.3 is 21.7 Å². The molecule has 0 saturated carbocycles. The molecule has 134 valence electrons. The maximum Gasteiger partial charge on any atom is 0.129 e. The van der Waals surface area contributed by atoms with Gasteiger partial charge in [-0.1, -0.05) is 13.0 Å². The summed E-state index contributed by atoms with van der Waals surface area (Å²) in [5.41, 5.74) is 0.670. The second-order valence-corrected chi connectivity index (χ2v) is 6.22. The molecule has 6 heteroatoms. The van der Waals surface area contributed by atoms with Crippen LogP contribution in [0.4, 0.5) is 8.78 Å². The van der Waals surface area contributed by atoms with Gasteiger partial charge in [0.1, 0.15) is 11.6 Å². The standard InChI is InChI=1S/C11H13F2N.C5H12O.H3N.H2O.2H2/c1-7-5-14-6-10(7)9-3-2-8(12)4-11(9)13;1-5(2,3)6-4;;;;/h2-4,7,10,14H,5-6H2,1H3;1-4H3;1H3;1H2;2*1H/t7?,10-;;;;;/m0...../s1. The third-order valence-electron chi connectivity index (χ3n) is 3.49. The van der Waals surface area contributed by atoms with Crippen molar-refractivity contribution in [2.24, 2.45) is 5.92 Å². The van der Waals surface area contributed by atoms with E-state index >= 15 is 0 Å². The lowest BCUT2D eigenvalue weighted by molar-refractivity contribution is 0.0397. The lowest BCUT2D eigenvalue weighted by Gasteiger charge is -2.15. The van der Waals surface area contributed by atoms with Crippen LogP contribution in [0.5, 0.6) is 0 Å². The van der Waals surface area contributed by atoms with Gasteiger partial charge in [-0.25, -0.2) is 8.78 Å². The summed E-state index contributed by atoms with van der Waals surface area (Å²) in [7, 11) is 1.71. The van der Waals surface area contributed by atoms with Gasteiger partial charge in [-0.2, -0.15) is 0 Å². The smallest absolute Gasteiger partial charge is 0.129 e. The van der Waals surface area contributed by atoms with Crippen molar-refractivity contribution in [2.75, 3.05) is 20.2 Å². The predicted octanol–water partition coefficient (Wildman–Crippen LogP) is 3.55. The number of benzene rings is 1. The second kappa shape index (κ2) is 9.84. The molecular weight excluding hydrogens is 290 g/mol. The van der Waals surface area contributed by atoms with Crippen LogP contribution in [0.3, 0.4) is 0 Å². The van der Waals surface area contributed by atoms with E-state index in [4.69, 9.17) is 4.74 Å². The van der Waals surface area contributed by atoms with Crippen molar-refractivity contribution in [1.29, 1.82) is 0 Å². The van der Waals surface area contributed by atoms with Crippen molar-refractivity contribution in [3.05, 3.63) is 35.4 Å². The van der Waals surface area contributed by atoms with Crippen LogP contribution >= 0.6 is 0 Å². The predicted molar refractivity (Wildman–Crippen MR) is 90.8 cm³/mol. The number of halogens is 2. The zero-order valence-electron chi connectivity index (χ0n) is 14.2. The Morgan fingerprint density at radius 3 is 2.14 bits per heavy atom. The van der Waals surface area contributed by atoms with Crippen LogP contribution in [-0.2, 0) is 4.74 Å². The van der Waals surface area contributed by atoms with E-state index in [1.165, 1.54) is 6.07 Å². The van der Waals surface area contributed by atoms with Gasteiger partial charge in [0.25, 0.3) is 0 Å². The molecule has 1 fully saturated rings. The highest BCUT2D eigenvalue weighted by Gasteiger charge is 2.26. The summed E-state index contributed by atoms with van der Waals surface area (Å²) in [5, 5.41) is 3.20. The van der Waals surface area contributed by atoms with Gasteiger partial charge in [-0.3, -0.25) is 0 Å². The van der Waals surface area contributed by atoms with Gasteiger partial charge in [-0.05, 0) is 44.9 Å². The molecule has 6 N–H and O–H groups in total. The Kier molecular flexibility index (Phi) is 10.4. The van der Waals surface area contributed by atoms with Crippen molar-refractivity contribution in [1.82, 2.24) is 11.5 Å². The van der Waals surface area contributed by atoms with Crippen LogP contribution < -0.4 is 11.5 Å². The first kappa shape index (κ1) is 23.2. The third-order valence-corrected chi connectivity index (χ3v) is 3.49. The van der Waals surface area contributed by atoms with Gasteiger partial charge in [0.2, 0.25) is 0 Å². The highest BCUT2D eigenvalue weighted by Crippen LogP contribution is 2.29. The van der Waals surface area contributed by atoms with Crippen LogP contribution in [0, 0.1) is 17.6 Å². The summed E-state index contributed by atoms with van der Waals surface area (Å²) in [4.78, 5) is 0. The van der Waals surface area contributed by atoms with E-state index in [1.54, 1.807) is 13.2 Å². The van der Waals surface area contributed by atoms with E-state index in [2.05, 4.69) is 12.2 Å². The molecule has 4 nitrogen and oxygen atoms in total. The number of hydrogen-bond donors (Lipinski definition) is 2. The quantitative estimate of drug-likeness (QED) is 0.828. The Labute approximate surface area is 135 Å². The topological polar surface area (TPSA) is 87.8 Å². The van der Waals surface area contributed by atoms with Gasteiger partial charge in [0.05, 0.1) is 5.60 Å². The molecule has 0 bridgehead atoms. The van der Waals surface area contributed by atoms with Gasteiger partial charge in [0.15, 0.2) is 0 Å². The minimum absolute atomic E-state index is 0. The van der Waals surface area contributed by atoms with Crippen LogP contribution in [0.25, 0.3) is 0 Å². The summed E-state index contributed by atoms with van der Waals surface area (Å²) >= 11 is 0. The molecule has 1 aliphatic heterocycles. The maximum atomic E-state index is 13.4. The first-order valence-electron chi connectivity index (χ1n) is 6.95. The number of rotatable bonds is 1. The number of ether oxygens (including phenoxy) is 1. The molecule has 1 heterocycles. The zero-order chi connectivity index (χ0) is 15.3. The number of hydrogen-bond acceptors (Lipinski definition) is 3. The van der Waals surface area contributed by atoms with E-state index in [9.17, 15) is 8.78 Å². The molecule has 22 heavy (non-hydrogen) atoms. The summed E-state index contributed by atoms with van der Waals surface area (Å²) in [6.45, 7) is 9.83. The first-order chi connectivity index (χ1) is 9.24. The first-order valence-corrected chi connectivity index (χ1v) is 6.95. The molecule has 0 spiro atoms. The Hall–Kier alpha value is -1.08. The van der Waals surface area contributed by atoms with Crippen molar-refractivity contribution < 1.29 is 21.8 Å². The van der Waals surface area contributed by atoms with Gasteiger partial charge >= 0.3 is 0 Å². The van der Waals surface area contributed by atoms with Crippen molar-refractivity contribution in [2.45, 2.75) is 39.2 Å². The van der Waals surface area contributed by atoms with E-state index < -0.39 is 11.6 Å². The Bertz CT molecular complexity index is 447. The lowest BCUT2D eigenvalue weighted by Crippen LogP contribution is -2.15. The molecule has 1 aromatic rings. The van der Waals surface area contributed by atoms with Crippen LogP contribution in [0.15, 0.2) is 18.2 Å². The van der Waals surface area contributed by atoms with Crippen molar-refractivity contribution in [3.8, 4) is 0 Å². The maximum absolute atomic E-state index is 13.4. The van der Waals surface area contributed by atoms with Crippen LogP contribution in [0.1, 0.15) is 42.0 Å².